The van der Waals surface area contributed by atoms with Gasteiger partial charge in [0.25, 0.3) is 5.56 Å². The Kier molecular flexibility index (Phi) is 5.00. The van der Waals surface area contributed by atoms with E-state index in [0.29, 0.717) is 13.1 Å². The summed E-state index contributed by atoms with van der Waals surface area (Å²) in [4.78, 5) is 20.0. The fraction of sp³-hybridized carbons (Fsp3) is 0.304. The third-order valence-electron chi connectivity index (χ3n) is 5.91. The normalized spacial score (nSPS) is 17.3. The van der Waals surface area contributed by atoms with Gasteiger partial charge in [-0.3, -0.25) is 9.69 Å². The first-order valence-corrected chi connectivity index (χ1v) is 10.3. The van der Waals surface area contributed by atoms with Crippen LogP contribution in [0.1, 0.15) is 22.4 Å². The number of aromatic nitrogens is 2. The molecule has 1 aromatic heterocycles. The van der Waals surface area contributed by atoms with Crippen molar-refractivity contribution in [3.05, 3.63) is 92.9 Å². The Balaban J connectivity index is 1.48. The van der Waals surface area contributed by atoms with E-state index in [4.69, 9.17) is 0 Å². The molecule has 2 aromatic carbocycles. The largest absolute Gasteiger partial charge is 0.336 e. The van der Waals surface area contributed by atoms with Gasteiger partial charge in [-0.2, -0.15) is 13.8 Å². The highest BCUT2D eigenvalue weighted by molar-refractivity contribution is 5.43. The van der Waals surface area contributed by atoms with Gasteiger partial charge >= 0.3 is 5.92 Å². The monoisotopic (exact) mass is 444 g/mol. The van der Waals surface area contributed by atoms with Crippen molar-refractivity contribution in [2.75, 3.05) is 18.0 Å². The number of alkyl halides is 2. The molecule has 9 heteroatoms. The van der Waals surface area contributed by atoms with Gasteiger partial charge in [0.2, 0.25) is 5.95 Å². The summed E-state index contributed by atoms with van der Waals surface area (Å²) >= 11 is 0. The minimum atomic E-state index is -3.24. The zero-order valence-electron chi connectivity index (χ0n) is 17.1. The SMILES string of the molecule is O=c1nc2n(c3c1CN(Cc1ccccc1)CC3(F)F)CCN2Cc1ccc(F)cc1F. The molecule has 0 fully saturated rings. The average Bonchev–Trinajstić information content (AvgIpc) is 3.12. The number of hydrogen-bond donors (Lipinski definition) is 0. The summed E-state index contributed by atoms with van der Waals surface area (Å²) in [6.07, 6.45) is 0. The molecule has 0 radical (unpaired) electrons. The molecular weight excluding hydrogens is 424 g/mol. The molecule has 3 heterocycles. The molecule has 0 N–H and O–H groups in total. The maximum Gasteiger partial charge on any atom is 0.300 e. The molecule has 0 saturated heterocycles. The minimum absolute atomic E-state index is 0.00302. The molecule has 0 unspecified atom stereocenters. The van der Waals surface area contributed by atoms with E-state index in [1.165, 1.54) is 10.6 Å². The van der Waals surface area contributed by atoms with Crippen molar-refractivity contribution in [1.29, 1.82) is 0 Å². The quantitative estimate of drug-likeness (QED) is 0.577. The van der Waals surface area contributed by atoms with Crippen molar-refractivity contribution in [3.63, 3.8) is 0 Å². The number of rotatable bonds is 4. The molecule has 32 heavy (non-hydrogen) atoms. The Bertz CT molecular complexity index is 1230. The Morgan fingerprint density at radius 1 is 1.00 bits per heavy atom. The van der Waals surface area contributed by atoms with Crippen molar-refractivity contribution in [3.8, 4) is 0 Å². The van der Waals surface area contributed by atoms with Crippen LogP contribution in [0, 0.1) is 11.6 Å². The first-order valence-electron chi connectivity index (χ1n) is 10.3. The summed E-state index contributed by atoms with van der Waals surface area (Å²) in [5, 5.41) is 0. The second-order valence-electron chi connectivity index (χ2n) is 8.19. The fourth-order valence-electron chi connectivity index (χ4n) is 4.51. The molecule has 5 nitrogen and oxygen atoms in total. The maximum absolute atomic E-state index is 15.3. The van der Waals surface area contributed by atoms with E-state index in [2.05, 4.69) is 4.98 Å². The molecule has 3 aromatic rings. The van der Waals surface area contributed by atoms with Crippen LogP contribution >= 0.6 is 0 Å². The molecular formula is C23H20F4N4O. The predicted molar refractivity (Wildman–Crippen MR) is 110 cm³/mol. The van der Waals surface area contributed by atoms with Gasteiger partial charge < -0.3 is 9.47 Å². The van der Waals surface area contributed by atoms with Crippen LogP contribution in [0.15, 0.2) is 53.3 Å². The van der Waals surface area contributed by atoms with Crippen molar-refractivity contribution >= 4 is 5.95 Å². The van der Waals surface area contributed by atoms with Crippen LogP contribution in [0.2, 0.25) is 0 Å². The van der Waals surface area contributed by atoms with Crippen molar-refractivity contribution in [2.24, 2.45) is 0 Å². The van der Waals surface area contributed by atoms with Gasteiger partial charge in [0.05, 0.1) is 12.1 Å². The zero-order valence-corrected chi connectivity index (χ0v) is 17.1. The summed E-state index contributed by atoms with van der Waals surface area (Å²) in [7, 11) is 0. The van der Waals surface area contributed by atoms with E-state index >= 15 is 8.78 Å². The highest BCUT2D eigenvalue weighted by atomic mass is 19.3. The lowest BCUT2D eigenvalue weighted by molar-refractivity contribution is -0.0621. The summed E-state index contributed by atoms with van der Waals surface area (Å²) in [5.41, 5.74) is 0.0749. The first kappa shape index (κ1) is 20.7. The topological polar surface area (TPSA) is 41.4 Å². The van der Waals surface area contributed by atoms with Gasteiger partial charge in [0.1, 0.15) is 17.3 Å². The number of nitrogens with zero attached hydrogens (tertiary/aromatic N) is 4. The first-order chi connectivity index (χ1) is 15.3. The Morgan fingerprint density at radius 2 is 1.78 bits per heavy atom. The van der Waals surface area contributed by atoms with E-state index < -0.39 is 29.7 Å². The number of anilines is 1. The van der Waals surface area contributed by atoms with Gasteiger partial charge in [0.15, 0.2) is 0 Å². The number of benzene rings is 2. The number of fused-ring (bicyclic) bond motifs is 3. The molecule has 2 aliphatic heterocycles. The smallest absolute Gasteiger partial charge is 0.300 e. The second-order valence-corrected chi connectivity index (χ2v) is 8.19. The molecule has 0 atom stereocenters. The van der Waals surface area contributed by atoms with Crippen LogP contribution in [-0.4, -0.2) is 27.5 Å². The fourth-order valence-corrected chi connectivity index (χ4v) is 4.51. The number of halogens is 4. The molecule has 0 saturated carbocycles. The van der Waals surface area contributed by atoms with Crippen molar-refractivity contribution in [2.45, 2.75) is 32.1 Å². The van der Waals surface area contributed by atoms with Gasteiger partial charge in [-0.15, -0.1) is 0 Å². The Labute approximate surface area is 181 Å². The maximum atomic E-state index is 15.3. The molecule has 0 aliphatic carbocycles. The Morgan fingerprint density at radius 3 is 2.53 bits per heavy atom. The van der Waals surface area contributed by atoms with E-state index in [-0.39, 0.29) is 42.4 Å². The molecule has 166 valence electrons. The predicted octanol–water partition coefficient (Wildman–Crippen LogP) is 3.65. The molecule has 0 spiro atoms. The van der Waals surface area contributed by atoms with Crippen LogP contribution in [0.4, 0.5) is 23.5 Å². The average molecular weight is 444 g/mol. The van der Waals surface area contributed by atoms with Crippen molar-refractivity contribution in [1.82, 2.24) is 14.5 Å². The molecule has 0 bridgehead atoms. The van der Waals surface area contributed by atoms with Crippen molar-refractivity contribution < 1.29 is 17.6 Å². The summed E-state index contributed by atoms with van der Waals surface area (Å²) < 4.78 is 59.3. The van der Waals surface area contributed by atoms with Gasteiger partial charge in [-0.25, -0.2) is 8.78 Å². The highest BCUT2D eigenvalue weighted by Crippen LogP contribution is 2.38. The summed E-state index contributed by atoms with van der Waals surface area (Å²) in [5.74, 6) is -4.58. The van der Waals surface area contributed by atoms with Crippen LogP contribution in [0.5, 0.6) is 0 Å². The van der Waals surface area contributed by atoms with Crippen LogP contribution in [0.25, 0.3) is 0 Å². The second kappa shape index (κ2) is 7.74. The van der Waals surface area contributed by atoms with E-state index in [9.17, 15) is 13.6 Å². The van der Waals surface area contributed by atoms with Crippen LogP contribution in [-0.2, 0) is 32.1 Å². The van der Waals surface area contributed by atoms with E-state index in [0.717, 1.165) is 17.7 Å². The molecule has 0 amide bonds. The summed E-state index contributed by atoms with van der Waals surface area (Å²) in [6, 6.07) is 12.5. The minimum Gasteiger partial charge on any atom is -0.336 e. The van der Waals surface area contributed by atoms with Crippen LogP contribution in [0.3, 0.4) is 0 Å². The van der Waals surface area contributed by atoms with Gasteiger partial charge in [-0.1, -0.05) is 36.4 Å². The summed E-state index contributed by atoms with van der Waals surface area (Å²) in [6.45, 7) is 0.379. The van der Waals surface area contributed by atoms with Gasteiger partial charge in [0, 0.05) is 44.4 Å². The third-order valence-corrected chi connectivity index (χ3v) is 5.91. The number of hydrogen-bond acceptors (Lipinski definition) is 4. The highest BCUT2D eigenvalue weighted by Gasteiger charge is 2.46. The zero-order chi connectivity index (χ0) is 22.5. The Hall–Kier alpha value is -3.20. The standard InChI is InChI=1S/C23H20F4N4O/c24-17-7-6-16(19(25)10-17)12-30-8-9-31-20-18(21(32)28-22(30)31)13-29(14-23(20,26)27)11-15-4-2-1-3-5-15/h1-7,10H,8-9,11-14H2. The lowest BCUT2D eigenvalue weighted by Gasteiger charge is -2.35. The van der Waals surface area contributed by atoms with E-state index in [1.54, 1.807) is 9.80 Å². The van der Waals surface area contributed by atoms with Crippen LogP contribution < -0.4 is 10.5 Å². The van der Waals surface area contributed by atoms with E-state index in [1.807, 2.05) is 30.3 Å². The van der Waals surface area contributed by atoms with Gasteiger partial charge in [-0.05, 0) is 11.6 Å². The lowest BCUT2D eigenvalue weighted by atomic mass is 10.0. The molecule has 5 rings (SSSR count). The third kappa shape index (κ3) is 3.66. The lowest BCUT2D eigenvalue weighted by Crippen LogP contribution is -2.45. The molecule has 2 aliphatic rings.